The quantitative estimate of drug-likeness (QED) is 0.888. The van der Waals surface area contributed by atoms with Crippen molar-refractivity contribution in [3.05, 3.63) is 64.7 Å². The maximum Gasteiger partial charge on any atom is 0.125 e. The van der Waals surface area contributed by atoms with Crippen molar-refractivity contribution >= 4 is 0 Å². The van der Waals surface area contributed by atoms with Crippen molar-refractivity contribution in [3.8, 4) is 5.75 Å². The predicted octanol–water partition coefficient (Wildman–Crippen LogP) is 3.42. The molecule has 0 unspecified atom stereocenters. The standard InChI is InChI=1S/C17H20O2/c1-13-4-3-5-14(2)17(13)19-11-10-15-6-8-16(12-18)9-7-15/h3-9,18H,10-12H2,1-2H3. The Balaban J connectivity index is 1.92. The van der Waals surface area contributed by atoms with Gasteiger partial charge < -0.3 is 9.84 Å². The number of benzene rings is 2. The molecule has 2 nitrogen and oxygen atoms in total. The summed E-state index contributed by atoms with van der Waals surface area (Å²) in [7, 11) is 0. The SMILES string of the molecule is Cc1cccc(C)c1OCCc1ccc(CO)cc1. The summed E-state index contributed by atoms with van der Waals surface area (Å²) in [5.41, 5.74) is 4.52. The molecule has 19 heavy (non-hydrogen) atoms. The van der Waals surface area contributed by atoms with Gasteiger partial charge in [0.15, 0.2) is 0 Å². The van der Waals surface area contributed by atoms with Gasteiger partial charge in [-0.2, -0.15) is 0 Å². The highest BCUT2D eigenvalue weighted by molar-refractivity contribution is 5.39. The number of para-hydroxylation sites is 1. The first-order valence-electron chi connectivity index (χ1n) is 6.58. The third-order valence-corrected chi connectivity index (χ3v) is 3.25. The second-order valence-electron chi connectivity index (χ2n) is 4.79. The van der Waals surface area contributed by atoms with Crippen LogP contribution in [0.2, 0.25) is 0 Å². The van der Waals surface area contributed by atoms with Gasteiger partial charge >= 0.3 is 0 Å². The van der Waals surface area contributed by atoms with E-state index < -0.39 is 0 Å². The van der Waals surface area contributed by atoms with E-state index in [2.05, 4.69) is 26.0 Å². The van der Waals surface area contributed by atoms with E-state index in [1.54, 1.807) is 0 Å². The van der Waals surface area contributed by atoms with Crippen molar-refractivity contribution in [2.45, 2.75) is 26.9 Å². The molecule has 0 saturated carbocycles. The van der Waals surface area contributed by atoms with Crippen molar-refractivity contribution in [1.29, 1.82) is 0 Å². The topological polar surface area (TPSA) is 29.5 Å². The zero-order valence-electron chi connectivity index (χ0n) is 11.5. The van der Waals surface area contributed by atoms with Gasteiger partial charge in [0.25, 0.3) is 0 Å². The van der Waals surface area contributed by atoms with E-state index in [0.717, 1.165) is 17.7 Å². The van der Waals surface area contributed by atoms with E-state index in [-0.39, 0.29) is 6.61 Å². The van der Waals surface area contributed by atoms with Crippen LogP contribution in [-0.4, -0.2) is 11.7 Å². The van der Waals surface area contributed by atoms with Gasteiger partial charge in [0.05, 0.1) is 13.2 Å². The molecule has 0 fully saturated rings. The molecule has 0 atom stereocenters. The van der Waals surface area contributed by atoms with E-state index in [9.17, 15) is 0 Å². The number of rotatable bonds is 5. The Morgan fingerprint density at radius 2 is 1.47 bits per heavy atom. The molecule has 0 radical (unpaired) electrons. The summed E-state index contributed by atoms with van der Waals surface area (Å²) in [4.78, 5) is 0. The highest BCUT2D eigenvalue weighted by atomic mass is 16.5. The molecule has 0 bridgehead atoms. The molecule has 0 spiro atoms. The number of aliphatic hydroxyl groups excluding tert-OH is 1. The molecule has 0 aliphatic carbocycles. The molecule has 0 heterocycles. The lowest BCUT2D eigenvalue weighted by Crippen LogP contribution is -2.03. The van der Waals surface area contributed by atoms with Crippen LogP contribution in [0.3, 0.4) is 0 Å². The third kappa shape index (κ3) is 3.58. The minimum Gasteiger partial charge on any atom is -0.493 e. The first kappa shape index (κ1) is 13.6. The van der Waals surface area contributed by atoms with E-state index in [1.165, 1.54) is 16.7 Å². The molecule has 0 saturated heterocycles. The summed E-state index contributed by atoms with van der Waals surface area (Å²) >= 11 is 0. The lowest BCUT2D eigenvalue weighted by Gasteiger charge is -2.12. The van der Waals surface area contributed by atoms with Crippen LogP contribution in [0.25, 0.3) is 0 Å². The average molecular weight is 256 g/mol. The predicted molar refractivity (Wildman–Crippen MR) is 77.5 cm³/mol. The lowest BCUT2D eigenvalue weighted by atomic mass is 10.1. The first-order chi connectivity index (χ1) is 9.20. The molecular formula is C17H20O2. The molecule has 0 aliphatic rings. The molecule has 100 valence electrons. The fourth-order valence-corrected chi connectivity index (χ4v) is 2.11. The number of aryl methyl sites for hydroxylation is 2. The molecule has 2 aromatic carbocycles. The van der Waals surface area contributed by atoms with Crippen LogP contribution >= 0.6 is 0 Å². The number of hydrogen-bond donors (Lipinski definition) is 1. The van der Waals surface area contributed by atoms with Crippen LogP contribution in [0.4, 0.5) is 0 Å². The Bertz CT molecular complexity index is 509. The van der Waals surface area contributed by atoms with E-state index in [0.29, 0.717) is 6.61 Å². The fourth-order valence-electron chi connectivity index (χ4n) is 2.11. The van der Waals surface area contributed by atoms with Gasteiger partial charge in [0.1, 0.15) is 5.75 Å². The lowest BCUT2D eigenvalue weighted by molar-refractivity contribution is 0.282. The summed E-state index contributed by atoms with van der Waals surface area (Å²) in [6.45, 7) is 4.90. The van der Waals surface area contributed by atoms with Crippen molar-refractivity contribution in [2.75, 3.05) is 6.61 Å². The second-order valence-corrected chi connectivity index (χ2v) is 4.79. The number of hydrogen-bond acceptors (Lipinski definition) is 2. The molecule has 2 aromatic rings. The van der Waals surface area contributed by atoms with Gasteiger partial charge in [-0.15, -0.1) is 0 Å². The fraction of sp³-hybridized carbons (Fsp3) is 0.294. The minimum atomic E-state index is 0.0964. The summed E-state index contributed by atoms with van der Waals surface area (Å²) in [6.07, 6.45) is 0.874. The number of aliphatic hydroxyl groups is 1. The molecular weight excluding hydrogens is 236 g/mol. The van der Waals surface area contributed by atoms with Crippen LogP contribution in [0.1, 0.15) is 22.3 Å². The third-order valence-electron chi connectivity index (χ3n) is 3.25. The second kappa shape index (κ2) is 6.39. The Hall–Kier alpha value is -1.80. The van der Waals surface area contributed by atoms with Crippen LogP contribution in [0.15, 0.2) is 42.5 Å². The number of ether oxygens (including phenoxy) is 1. The molecule has 0 aromatic heterocycles. The summed E-state index contributed by atoms with van der Waals surface area (Å²) < 4.78 is 5.88. The Morgan fingerprint density at radius 3 is 2.05 bits per heavy atom. The molecule has 0 amide bonds. The maximum absolute atomic E-state index is 8.99. The van der Waals surface area contributed by atoms with E-state index in [1.807, 2.05) is 30.3 Å². The minimum absolute atomic E-state index is 0.0964. The average Bonchev–Trinajstić information content (AvgIpc) is 2.43. The normalized spacial score (nSPS) is 10.5. The zero-order valence-corrected chi connectivity index (χ0v) is 11.5. The van der Waals surface area contributed by atoms with Crippen molar-refractivity contribution in [1.82, 2.24) is 0 Å². The molecule has 1 N–H and O–H groups in total. The highest BCUT2D eigenvalue weighted by Gasteiger charge is 2.03. The largest absolute Gasteiger partial charge is 0.493 e. The first-order valence-corrected chi connectivity index (χ1v) is 6.58. The summed E-state index contributed by atoms with van der Waals surface area (Å²) in [5.74, 6) is 0.995. The van der Waals surface area contributed by atoms with Gasteiger partial charge in [0, 0.05) is 6.42 Å². The van der Waals surface area contributed by atoms with Crippen LogP contribution < -0.4 is 4.74 Å². The van der Waals surface area contributed by atoms with Crippen LogP contribution in [-0.2, 0) is 13.0 Å². The summed E-state index contributed by atoms with van der Waals surface area (Å²) in [6, 6.07) is 14.2. The monoisotopic (exact) mass is 256 g/mol. The zero-order chi connectivity index (χ0) is 13.7. The molecule has 2 rings (SSSR count). The summed E-state index contributed by atoms with van der Waals surface area (Å²) in [5, 5.41) is 8.99. The van der Waals surface area contributed by atoms with E-state index >= 15 is 0 Å². The molecule has 0 aliphatic heterocycles. The Morgan fingerprint density at radius 1 is 0.895 bits per heavy atom. The van der Waals surface area contributed by atoms with Gasteiger partial charge in [0.2, 0.25) is 0 Å². The van der Waals surface area contributed by atoms with Gasteiger partial charge in [-0.1, -0.05) is 42.5 Å². The van der Waals surface area contributed by atoms with Gasteiger partial charge in [-0.25, -0.2) is 0 Å². The van der Waals surface area contributed by atoms with Crippen molar-refractivity contribution in [3.63, 3.8) is 0 Å². The maximum atomic E-state index is 8.99. The van der Waals surface area contributed by atoms with Gasteiger partial charge in [-0.05, 0) is 36.1 Å². The smallest absolute Gasteiger partial charge is 0.125 e. The van der Waals surface area contributed by atoms with Crippen LogP contribution in [0.5, 0.6) is 5.75 Å². The van der Waals surface area contributed by atoms with Crippen molar-refractivity contribution in [2.24, 2.45) is 0 Å². The van der Waals surface area contributed by atoms with Gasteiger partial charge in [-0.3, -0.25) is 0 Å². The Kier molecular flexibility index (Phi) is 4.58. The Labute approximate surface area is 114 Å². The van der Waals surface area contributed by atoms with E-state index in [4.69, 9.17) is 9.84 Å². The van der Waals surface area contributed by atoms with Crippen molar-refractivity contribution < 1.29 is 9.84 Å². The molecule has 2 heteroatoms. The van der Waals surface area contributed by atoms with Crippen LogP contribution in [0, 0.1) is 13.8 Å². The highest BCUT2D eigenvalue weighted by Crippen LogP contribution is 2.22.